The lowest BCUT2D eigenvalue weighted by Gasteiger charge is -2.70. The minimum atomic E-state index is -1.23. The summed E-state index contributed by atoms with van der Waals surface area (Å²) in [6, 6.07) is 0. The molecule has 5 saturated heterocycles. The summed E-state index contributed by atoms with van der Waals surface area (Å²) in [5.74, 6) is -1.48. The fraction of sp³-hybridized carbons (Fsp3) is 1.00. The lowest BCUT2D eigenvalue weighted by Crippen LogP contribution is -2.78. The van der Waals surface area contributed by atoms with Gasteiger partial charge >= 0.3 is 0 Å². The van der Waals surface area contributed by atoms with Crippen LogP contribution in [0.4, 0.5) is 0 Å². The van der Waals surface area contributed by atoms with Crippen molar-refractivity contribution in [2.75, 3.05) is 0 Å². The van der Waals surface area contributed by atoms with Crippen molar-refractivity contribution in [2.24, 2.45) is 22.7 Å². The number of hydrogen-bond acceptors (Lipinski definition) is 6. The van der Waals surface area contributed by atoms with E-state index in [1.165, 1.54) is 0 Å². The predicted octanol–water partition coefficient (Wildman–Crippen LogP) is 5.47. The quantitative estimate of drug-likeness (QED) is 0.529. The van der Waals surface area contributed by atoms with E-state index in [1.807, 2.05) is 27.7 Å². The molecule has 2 aliphatic carbocycles. The number of fused-ring (bicyclic) bond motifs is 3. The third-order valence-corrected chi connectivity index (χ3v) is 13.2. The predicted molar refractivity (Wildman–Crippen MR) is 136 cm³/mol. The van der Waals surface area contributed by atoms with Crippen LogP contribution in [0.3, 0.4) is 0 Å². The molecular weight excluding hydrogens is 456 g/mol. The van der Waals surface area contributed by atoms with Crippen LogP contribution in [-0.2, 0) is 18.9 Å². The second kappa shape index (κ2) is 7.28. The van der Waals surface area contributed by atoms with Gasteiger partial charge in [0.1, 0.15) is 22.4 Å². The summed E-state index contributed by atoms with van der Waals surface area (Å²) in [5.41, 5.74) is -2.51. The average Bonchev–Trinajstić information content (AvgIpc) is 3.14. The molecule has 4 unspecified atom stereocenters. The van der Waals surface area contributed by atoms with Crippen LogP contribution in [-0.4, -0.2) is 56.4 Å². The Morgan fingerprint density at radius 1 is 0.583 bits per heavy atom. The van der Waals surface area contributed by atoms with Gasteiger partial charge in [0.2, 0.25) is 0 Å². The summed E-state index contributed by atoms with van der Waals surface area (Å²) in [5, 5.41) is 22.8. The highest BCUT2D eigenvalue weighted by molar-refractivity contribution is 5.20. The normalized spacial score (nSPS) is 58.8. The van der Waals surface area contributed by atoms with Gasteiger partial charge in [-0.05, 0) is 90.9 Å². The highest BCUT2D eigenvalue weighted by Crippen LogP contribution is 2.68. The molecule has 0 radical (unpaired) electrons. The van der Waals surface area contributed by atoms with Gasteiger partial charge in [0.25, 0.3) is 0 Å². The van der Waals surface area contributed by atoms with Crippen molar-refractivity contribution in [3.63, 3.8) is 0 Å². The number of aliphatic hydroxyl groups is 2. The minimum Gasteiger partial charge on any atom is -0.364 e. The van der Waals surface area contributed by atoms with Gasteiger partial charge in [-0.15, -0.1) is 0 Å². The molecule has 2 N–H and O–H groups in total. The van der Waals surface area contributed by atoms with E-state index in [0.717, 1.165) is 51.4 Å². The zero-order valence-electron chi connectivity index (χ0n) is 23.9. The second-order valence-corrected chi connectivity index (χ2v) is 15.1. The van der Waals surface area contributed by atoms with Crippen LogP contribution in [0, 0.1) is 22.7 Å². The fourth-order valence-corrected chi connectivity index (χ4v) is 9.79. The van der Waals surface area contributed by atoms with E-state index in [4.69, 9.17) is 18.9 Å². The van der Waals surface area contributed by atoms with Crippen molar-refractivity contribution in [2.45, 2.75) is 166 Å². The summed E-state index contributed by atoms with van der Waals surface area (Å²) in [6.45, 7) is 17.5. The van der Waals surface area contributed by atoms with Crippen LogP contribution in [0.15, 0.2) is 0 Å². The van der Waals surface area contributed by atoms with E-state index in [0.29, 0.717) is 24.7 Å². The van der Waals surface area contributed by atoms with Gasteiger partial charge in [-0.1, -0.05) is 27.7 Å². The molecule has 0 amide bonds. The van der Waals surface area contributed by atoms with E-state index in [9.17, 15) is 10.2 Å². The molecular formula is C30H50O6. The first-order valence-electron chi connectivity index (χ1n) is 14.7. The van der Waals surface area contributed by atoms with E-state index in [2.05, 4.69) is 27.7 Å². The van der Waals surface area contributed by atoms with E-state index in [-0.39, 0.29) is 23.0 Å². The third-order valence-electron chi connectivity index (χ3n) is 13.2. The summed E-state index contributed by atoms with van der Waals surface area (Å²) in [4.78, 5) is 0. The van der Waals surface area contributed by atoms with Gasteiger partial charge in [0, 0.05) is 23.7 Å². The molecule has 4 bridgehead atoms. The fourth-order valence-electron chi connectivity index (χ4n) is 9.79. The molecule has 5 heterocycles. The molecule has 10 atom stereocenters. The van der Waals surface area contributed by atoms with Crippen molar-refractivity contribution in [3.05, 3.63) is 0 Å². The van der Waals surface area contributed by atoms with E-state index in [1.54, 1.807) is 0 Å². The van der Waals surface area contributed by atoms with Gasteiger partial charge in [-0.2, -0.15) is 0 Å². The topological polar surface area (TPSA) is 77.4 Å². The van der Waals surface area contributed by atoms with Crippen molar-refractivity contribution in [3.8, 4) is 0 Å². The molecule has 206 valence electrons. The van der Waals surface area contributed by atoms with Crippen LogP contribution in [0.1, 0.15) is 120 Å². The Hall–Kier alpha value is -0.240. The van der Waals surface area contributed by atoms with Crippen LogP contribution in [0.2, 0.25) is 0 Å². The lowest BCUT2D eigenvalue weighted by molar-refractivity contribution is -0.468. The molecule has 7 fully saturated rings. The van der Waals surface area contributed by atoms with Crippen molar-refractivity contribution in [1.82, 2.24) is 0 Å². The Kier molecular flexibility index (Phi) is 5.26. The number of hydrogen-bond donors (Lipinski definition) is 2. The zero-order chi connectivity index (χ0) is 26.2. The zero-order valence-corrected chi connectivity index (χ0v) is 23.9. The monoisotopic (exact) mass is 506 g/mol. The number of ether oxygens (including phenoxy) is 4. The molecule has 36 heavy (non-hydrogen) atoms. The van der Waals surface area contributed by atoms with Crippen molar-refractivity contribution in [1.29, 1.82) is 0 Å². The van der Waals surface area contributed by atoms with Crippen molar-refractivity contribution < 1.29 is 29.2 Å². The maximum absolute atomic E-state index is 11.5. The maximum atomic E-state index is 11.5. The van der Waals surface area contributed by atoms with Crippen LogP contribution >= 0.6 is 0 Å². The largest absolute Gasteiger partial charge is 0.364 e. The molecule has 6 nitrogen and oxygen atoms in total. The summed E-state index contributed by atoms with van der Waals surface area (Å²) in [6.07, 6.45) is 8.99. The average molecular weight is 507 g/mol. The van der Waals surface area contributed by atoms with Crippen LogP contribution < -0.4 is 0 Å². The highest BCUT2D eigenvalue weighted by Gasteiger charge is 2.74. The van der Waals surface area contributed by atoms with Crippen molar-refractivity contribution >= 4 is 0 Å². The van der Waals surface area contributed by atoms with Crippen LogP contribution in [0.5, 0.6) is 0 Å². The Morgan fingerprint density at radius 2 is 1.06 bits per heavy atom. The first-order chi connectivity index (χ1) is 16.5. The summed E-state index contributed by atoms with van der Waals surface area (Å²) >= 11 is 0. The molecule has 0 aromatic carbocycles. The number of rotatable bonds is 3. The maximum Gasteiger partial charge on any atom is 0.195 e. The SMILES string of the molecule is C[C@@H]1CC[C@H]2OC3(O)CCC2(OC3(C)C)[C@@]1(C)CC[C@]1(C)[C@H](C)CC[C@H]2OC(C)(C)C3(O)CCC21O3. The summed E-state index contributed by atoms with van der Waals surface area (Å²) in [7, 11) is 0. The first-order valence-corrected chi connectivity index (χ1v) is 14.7. The summed E-state index contributed by atoms with van der Waals surface area (Å²) < 4.78 is 27.0. The Balaban J connectivity index is 1.35. The molecule has 7 aliphatic rings. The Labute approximate surface area is 217 Å². The standard InChI is InChI=1S/C30H50O6/c1-19-10-12-22-27(15-17-29(31,34-22)24(5,6)35-27)25(19,7)13-14-26(8)20(2)9-11-21-28(26)16-18-30(32,36-28)23(3,4)33-21/h19-22,31-32H,9-18H2,1-8H3/t19-,20-,21-,22-,25+,26-,27?,28?,29?,30?/m1/s1. The van der Waals surface area contributed by atoms with Gasteiger partial charge in [-0.25, -0.2) is 0 Å². The molecule has 6 heteroatoms. The molecule has 2 spiro atoms. The molecule has 5 aliphatic heterocycles. The minimum absolute atomic E-state index is 0.0110. The Morgan fingerprint density at radius 3 is 1.58 bits per heavy atom. The Bertz CT molecular complexity index is 934. The highest BCUT2D eigenvalue weighted by atomic mass is 16.7. The smallest absolute Gasteiger partial charge is 0.195 e. The van der Waals surface area contributed by atoms with Gasteiger partial charge in [-0.3, -0.25) is 0 Å². The van der Waals surface area contributed by atoms with Gasteiger partial charge < -0.3 is 29.2 Å². The second-order valence-electron chi connectivity index (χ2n) is 15.1. The molecule has 7 rings (SSSR count). The van der Waals surface area contributed by atoms with Gasteiger partial charge in [0.15, 0.2) is 11.6 Å². The molecule has 0 aromatic rings. The first kappa shape index (κ1) is 26.0. The van der Waals surface area contributed by atoms with Crippen LogP contribution in [0.25, 0.3) is 0 Å². The third kappa shape index (κ3) is 2.85. The lowest BCUT2D eigenvalue weighted by atomic mass is 9.48. The molecule has 0 aromatic heterocycles. The van der Waals surface area contributed by atoms with Gasteiger partial charge in [0.05, 0.1) is 12.2 Å². The molecule has 2 saturated carbocycles. The van der Waals surface area contributed by atoms with E-state index >= 15 is 0 Å². The van der Waals surface area contributed by atoms with E-state index < -0.39 is 34.0 Å².